The first kappa shape index (κ1) is 13.4. The Morgan fingerprint density at radius 1 is 1.24 bits per heavy atom. The molecule has 2 N–H and O–H groups in total. The highest BCUT2D eigenvalue weighted by atomic mass is 19.1. The van der Waals surface area contributed by atoms with E-state index in [9.17, 15) is 9.50 Å². The lowest BCUT2D eigenvalue weighted by Gasteiger charge is -2.27. The third kappa shape index (κ3) is 2.68. The Kier molecular flexibility index (Phi) is 3.49. The van der Waals surface area contributed by atoms with Gasteiger partial charge in [0.05, 0.1) is 23.4 Å². The van der Waals surface area contributed by atoms with Crippen molar-refractivity contribution in [3.05, 3.63) is 58.9 Å². The largest absolute Gasteiger partial charge is 0.508 e. The van der Waals surface area contributed by atoms with Crippen LogP contribution in [0.3, 0.4) is 0 Å². The maximum Gasteiger partial charge on any atom is 0.147 e. The average molecular weight is 282 g/mol. The highest BCUT2D eigenvalue weighted by Gasteiger charge is 2.21. The predicted octanol–water partition coefficient (Wildman–Crippen LogP) is 3.89. The number of rotatable bonds is 2. The summed E-state index contributed by atoms with van der Waals surface area (Å²) >= 11 is 0. The second kappa shape index (κ2) is 5.45. The van der Waals surface area contributed by atoms with E-state index in [0.29, 0.717) is 11.3 Å². The highest BCUT2D eigenvalue weighted by molar-refractivity contribution is 5.52. The molecule has 0 fully saturated rings. The lowest BCUT2D eigenvalue weighted by Crippen LogP contribution is -2.18. The Balaban J connectivity index is 1.90. The van der Waals surface area contributed by atoms with Crippen LogP contribution in [0.5, 0.6) is 5.75 Å². The first-order valence-electron chi connectivity index (χ1n) is 6.95. The Labute approximate surface area is 122 Å². The Morgan fingerprint density at radius 3 is 2.86 bits per heavy atom. The third-order valence-electron chi connectivity index (χ3n) is 3.87. The molecule has 0 saturated carbocycles. The van der Waals surface area contributed by atoms with Gasteiger partial charge in [0.15, 0.2) is 0 Å². The molecule has 3 nitrogen and oxygen atoms in total. The van der Waals surface area contributed by atoms with Gasteiger partial charge in [0.25, 0.3) is 0 Å². The molecule has 2 aromatic rings. The second-order valence-electron chi connectivity index (χ2n) is 5.28. The van der Waals surface area contributed by atoms with Crippen LogP contribution in [0, 0.1) is 17.1 Å². The van der Waals surface area contributed by atoms with Crippen LogP contribution < -0.4 is 5.32 Å². The molecule has 0 heterocycles. The fraction of sp³-hybridized carbons (Fsp3) is 0.235. The number of aromatic hydroxyl groups is 1. The fourth-order valence-corrected chi connectivity index (χ4v) is 2.83. The normalized spacial score (nSPS) is 16.9. The maximum absolute atomic E-state index is 14.0. The fourth-order valence-electron chi connectivity index (χ4n) is 2.83. The van der Waals surface area contributed by atoms with Crippen LogP contribution in [-0.4, -0.2) is 5.11 Å². The van der Waals surface area contributed by atoms with Crippen molar-refractivity contribution in [2.45, 2.75) is 25.3 Å². The van der Waals surface area contributed by atoms with Gasteiger partial charge >= 0.3 is 0 Å². The quantitative estimate of drug-likeness (QED) is 0.878. The molecule has 106 valence electrons. The van der Waals surface area contributed by atoms with Crippen molar-refractivity contribution in [3.63, 3.8) is 0 Å². The summed E-state index contributed by atoms with van der Waals surface area (Å²) in [6.45, 7) is 0. The standard InChI is InChI=1S/C17H15FN2O/c18-15-8-11(10-19)4-7-17(15)20-16-3-1-2-12-5-6-13(21)9-14(12)16/h4-9,16,20-21H,1-3H2. The van der Waals surface area contributed by atoms with Crippen LogP contribution in [0.25, 0.3) is 0 Å². The second-order valence-corrected chi connectivity index (χ2v) is 5.28. The van der Waals surface area contributed by atoms with Crippen molar-refractivity contribution in [1.82, 2.24) is 0 Å². The van der Waals surface area contributed by atoms with Gasteiger partial charge in [-0.1, -0.05) is 6.07 Å². The minimum Gasteiger partial charge on any atom is -0.508 e. The number of nitriles is 1. The molecule has 2 aromatic carbocycles. The number of phenolic OH excluding ortho intramolecular Hbond substituents is 1. The molecular formula is C17H15FN2O. The zero-order valence-corrected chi connectivity index (χ0v) is 11.4. The van der Waals surface area contributed by atoms with Crippen molar-refractivity contribution in [2.75, 3.05) is 5.32 Å². The van der Waals surface area contributed by atoms with Gasteiger partial charge in [-0.05, 0) is 60.7 Å². The summed E-state index contributed by atoms with van der Waals surface area (Å²) in [6.07, 6.45) is 2.88. The maximum atomic E-state index is 14.0. The van der Waals surface area contributed by atoms with E-state index in [0.717, 1.165) is 24.8 Å². The summed E-state index contributed by atoms with van der Waals surface area (Å²) in [7, 11) is 0. The van der Waals surface area contributed by atoms with Gasteiger partial charge in [0.1, 0.15) is 11.6 Å². The number of phenols is 1. The molecule has 1 aliphatic carbocycles. The topological polar surface area (TPSA) is 56.0 Å². The van der Waals surface area contributed by atoms with E-state index in [2.05, 4.69) is 5.32 Å². The number of aryl methyl sites for hydroxylation is 1. The smallest absolute Gasteiger partial charge is 0.147 e. The molecule has 0 bridgehead atoms. The zero-order chi connectivity index (χ0) is 14.8. The van der Waals surface area contributed by atoms with Crippen molar-refractivity contribution < 1.29 is 9.50 Å². The monoisotopic (exact) mass is 282 g/mol. The lowest BCUT2D eigenvalue weighted by molar-refractivity contribution is 0.471. The third-order valence-corrected chi connectivity index (χ3v) is 3.87. The summed E-state index contributed by atoms with van der Waals surface area (Å²) < 4.78 is 14.0. The van der Waals surface area contributed by atoms with E-state index in [1.54, 1.807) is 24.3 Å². The van der Waals surface area contributed by atoms with Gasteiger partial charge in [0, 0.05) is 0 Å². The molecular weight excluding hydrogens is 267 g/mol. The van der Waals surface area contributed by atoms with Crippen molar-refractivity contribution in [2.24, 2.45) is 0 Å². The summed E-state index contributed by atoms with van der Waals surface area (Å²) in [4.78, 5) is 0. The van der Waals surface area contributed by atoms with Gasteiger partial charge in [-0.25, -0.2) is 4.39 Å². The number of hydrogen-bond acceptors (Lipinski definition) is 3. The molecule has 0 radical (unpaired) electrons. The van der Waals surface area contributed by atoms with E-state index in [4.69, 9.17) is 5.26 Å². The number of halogens is 1. The van der Waals surface area contributed by atoms with Crippen molar-refractivity contribution in [3.8, 4) is 11.8 Å². The summed E-state index contributed by atoms with van der Waals surface area (Å²) in [5.74, 6) is -0.205. The van der Waals surface area contributed by atoms with E-state index < -0.39 is 5.82 Å². The molecule has 1 unspecified atom stereocenters. The summed E-state index contributed by atoms with van der Waals surface area (Å²) in [5.41, 5.74) is 2.89. The number of nitrogens with zero attached hydrogens (tertiary/aromatic N) is 1. The minimum atomic E-state index is -0.429. The Bertz CT molecular complexity index is 721. The van der Waals surface area contributed by atoms with E-state index in [-0.39, 0.29) is 11.8 Å². The molecule has 0 aliphatic heterocycles. The van der Waals surface area contributed by atoms with Crippen LogP contribution >= 0.6 is 0 Å². The lowest BCUT2D eigenvalue weighted by atomic mass is 9.87. The molecule has 3 rings (SSSR count). The van der Waals surface area contributed by atoms with Gasteiger partial charge in [-0.15, -0.1) is 0 Å². The average Bonchev–Trinajstić information content (AvgIpc) is 2.49. The molecule has 0 aromatic heterocycles. The Hall–Kier alpha value is -2.54. The number of fused-ring (bicyclic) bond motifs is 1. The van der Waals surface area contributed by atoms with Gasteiger partial charge in [-0.3, -0.25) is 0 Å². The molecule has 0 amide bonds. The summed E-state index contributed by atoms with van der Waals surface area (Å²) in [6, 6.07) is 11.7. The highest BCUT2D eigenvalue weighted by Crippen LogP contribution is 2.35. The van der Waals surface area contributed by atoms with Crippen LogP contribution in [0.15, 0.2) is 36.4 Å². The molecule has 0 saturated heterocycles. The van der Waals surface area contributed by atoms with Crippen LogP contribution in [0.2, 0.25) is 0 Å². The molecule has 1 aliphatic rings. The van der Waals surface area contributed by atoms with Crippen LogP contribution in [0.4, 0.5) is 10.1 Å². The van der Waals surface area contributed by atoms with Gasteiger partial charge in [0.2, 0.25) is 0 Å². The van der Waals surface area contributed by atoms with Crippen molar-refractivity contribution >= 4 is 5.69 Å². The van der Waals surface area contributed by atoms with Gasteiger partial charge in [-0.2, -0.15) is 5.26 Å². The van der Waals surface area contributed by atoms with Crippen molar-refractivity contribution in [1.29, 1.82) is 5.26 Å². The first-order chi connectivity index (χ1) is 10.2. The number of anilines is 1. The minimum absolute atomic E-state index is 0.0247. The molecule has 4 heteroatoms. The SMILES string of the molecule is N#Cc1ccc(NC2CCCc3ccc(O)cc32)c(F)c1. The first-order valence-corrected chi connectivity index (χ1v) is 6.95. The molecule has 1 atom stereocenters. The van der Waals surface area contributed by atoms with E-state index in [1.165, 1.54) is 11.6 Å². The molecule has 0 spiro atoms. The predicted molar refractivity (Wildman–Crippen MR) is 78.5 cm³/mol. The Morgan fingerprint density at radius 2 is 2.10 bits per heavy atom. The number of hydrogen-bond donors (Lipinski definition) is 2. The van der Waals surface area contributed by atoms with Gasteiger partial charge < -0.3 is 10.4 Å². The van der Waals surface area contributed by atoms with Crippen LogP contribution in [0.1, 0.15) is 35.6 Å². The summed E-state index contributed by atoms with van der Waals surface area (Å²) in [5, 5.41) is 21.6. The zero-order valence-electron chi connectivity index (χ0n) is 11.4. The van der Waals surface area contributed by atoms with Crippen LogP contribution in [-0.2, 0) is 6.42 Å². The molecule has 21 heavy (non-hydrogen) atoms. The number of nitrogens with one attached hydrogen (secondary N) is 1. The van der Waals surface area contributed by atoms with E-state index in [1.807, 2.05) is 12.1 Å². The van der Waals surface area contributed by atoms with E-state index >= 15 is 0 Å². The number of benzene rings is 2.